The van der Waals surface area contributed by atoms with Gasteiger partial charge in [0.15, 0.2) is 0 Å². The van der Waals surface area contributed by atoms with Gasteiger partial charge in [-0.2, -0.15) is 0 Å². The zero-order chi connectivity index (χ0) is 13.9. The molecule has 1 unspecified atom stereocenters. The van der Waals surface area contributed by atoms with E-state index < -0.39 is 5.66 Å². The maximum absolute atomic E-state index is 9.92. The first-order valence-electron chi connectivity index (χ1n) is 7.00. The molecule has 1 atom stereocenters. The molecular formula is C15H23ClN2O. The minimum atomic E-state index is -0.438. The van der Waals surface area contributed by atoms with E-state index in [2.05, 4.69) is 4.90 Å². The Kier molecular flexibility index (Phi) is 4.71. The molecule has 106 valence electrons. The second-order valence-electron chi connectivity index (χ2n) is 5.71. The van der Waals surface area contributed by atoms with Gasteiger partial charge in [-0.1, -0.05) is 24.4 Å². The van der Waals surface area contributed by atoms with Crippen LogP contribution < -0.4 is 5.73 Å². The van der Waals surface area contributed by atoms with Crippen molar-refractivity contribution in [3.05, 3.63) is 28.8 Å². The molecule has 0 spiro atoms. The Morgan fingerprint density at radius 1 is 1.26 bits per heavy atom. The molecule has 1 aliphatic heterocycles. The highest BCUT2D eigenvalue weighted by atomic mass is 35.5. The van der Waals surface area contributed by atoms with Gasteiger partial charge in [0, 0.05) is 11.4 Å². The van der Waals surface area contributed by atoms with Crippen molar-refractivity contribution in [2.75, 3.05) is 13.1 Å². The third kappa shape index (κ3) is 3.85. The average molecular weight is 283 g/mol. The number of aromatic hydroxyl groups is 1. The van der Waals surface area contributed by atoms with Crippen LogP contribution in [0.2, 0.25) is 5.02 Å². The van der Waals surface area contributed by atoms with Crippen LogP contribution in [0.1, 0.15) is 38.2 Å². The number of halogens is 1. The molecule has 1 fully saturated rings. The van der Waals surface area contributed by atoms with Gasteiger partial charge in [0.2, 0.25) is 0 Å². The van der Waals surface area contributed by atoms with Crippen molar-refractivity contribution in [1.29, 1.82) is 0 Å². The summed E-state index contributed by atoms with van der Waals surface area (Å²) in [6.45, 7) is 4.11. The highest BCUT2D eigenvalue weighted by Gasteiger charge is 2.28. The molecule has 1 aromatic rings. The summed E-state index contributed by atoms with van der Waals surface area (Å²) in [6, 6.07) is 5.14. The molecule has 19 heavy (non-hydrogen) atoms. The Labute approximate surface area is 120 Å². The minimum Gasteiger partial charge on any atom is -0.508 e. The molecule has 1 aromatic carbocycles. The Balaban J connectivity index is 2.12. The molecule has 0 aliphatic carbocycles. The van der Waals surface area contributed by atoms with E-state index in [0.29, 0.717) is 11.4 Å². The standard InChI is InChI=1S/C15H23ClN2O/c1-15(17,18-8-4-2-3-5-9-18)11-12-10-13(16)6-7-14(12)19/h6-7,10,19H,2-5,8-9,11,17H2,1H3. The summed E-state index contributed by atoms with van der Waals surface area (Å²) in [5, 5.41) is 10.6. The maximum atomic E-state index is 9.92. The number of phenolic OH excluding ortho intramolecular Hbond substituents is 1. The first-order chi connectivity index (χ1) is 8.99. The van der Waals surface area contributed by atoms with Crippen LogP contribution in [0.3, 0.4) is 0 Å². The maximum Gasteiger partial charge on any atom is 0.118 e. The van der Waals surface area contributed by atoms with Gasteiger partial charge in [-0.05, 0) is 56.6 Å². The zero-order valence-electron chi connectivity index (χ0n) is 11.5. The smallest absolute Gasteiger partial charge is 0.118 e. The number of hydrogen-bond acceptors (Lipinski definition) is 3. The summed E-state index contributed by atoms with van der Waals surface area (Å²) in [5.41, 5.74) is 6.87. The van der Waals surface area contributed by atoms with Crippen molar-refractivity contribution in [2.24, 2.45) is 5.73 Å². The minimum absolute atomic E-state index is 0.274. The number of nitrogens with two attached hydrogens (primary N) is 1. The molecule has 0 radical (unpaired) electrons. The molecule has 0 saturated carbocycles. The topological polar surface area (TPSA) is 49.5 Å². The highest BCUT2D eigenvalue weighted by molar-refractivity contribution is 6.30. The number of rotatable bonds is 3. The van der Waals surface area contributed by atoms with Crippen LogP contribution in [0.15, 0.2) is 18.2 Å². The summed E-state index contributed by atoms with van der Waals surface area (Å²) >= 11 is 5.99. The molecule has 0 amide bonds. The predicted octanol–water partition coefficient (Wildman–Crippen LogP) is 3.14. The third-order valence-electron chi connectivity index (χ3n) is 3.92. The fourth-order valence-corrected chi connectivity index (χ4v) is 2.97. The lowest BCUT2D eigenvalue weighted by Crippen LogP contribution is -2.55. The van der Waals surface area contributed by atoms with E-state index in [-0.39, 0.29) is 5.75 Å². The molecule has 3 nitrogen and oxygen atoms in total. The third-order valence-corrected chi connectivity index (χ3v) is 4.15. The van der Waals surface area contributed by atoms with E-state index >= 15 is 0 Å². The van der Waals surface area contributed by atoms with Crippen LogP contribution in [0.5, 0.6) is 5.75 Å². The second kappa shape index (κ2) is 6.12. The van der Waals surface area contributed by atoms with Crippen LogP contribution >= 0.6 is 11.6 Å². The fraction of sp³-hybridized carbons (Fsp3) is 0.600. The van der Waals surface area contributed by atoms with Gasteiger partial charge in [0.1, 0.15) is 5.75 Å². The number of phenols is 1. The molecule has 1 aliphatic rings. The van der Waals surface area contributed by atoms with E-state index in [4.69, 9.17) is 17.3 Å². The Bertz CT molecular complexity index is 426. The van der Waals surface area contributed by atoms with Crippen molar-refractivity contribution in [2.45, 2.75) is 44.7 Å². The Morgan fingerprint density at radius 2 is 1.89 bits per heavy atom. The molecule has 0 bridgehead atoms. The Hall–Kier alpha value is -0.770. The van der Waals surface area contributed by atoms with Crippen LogP contribution in [0, 0.1) is 0 Å². The van der Waals surface area contributed by atoms with E-state index in [1.165, 1.54) is 25.7 Å². The fourth-order valence-electron chi connectivity index (χ4n) is 2.77. The first kappa shape index (κ1) is 14.6. The van der Waals surface area contributed by atoms with Crippen molar-refractivity contribution in [3.8, 4) is 5.75 Å². The van der Waals surface area contributed by atoms with Gasteiger partial charge in [-0.3, -0.25) is 4.90 Å². The monoisotopic (exact) mass is 282 g/mol. The summed E-state index contributed by atoms with van der Waals surface area (Å²) < 4.78 is 0. The lowest BCUT2D eigenvalue weighted by atomic mass is 9.99. The number of hydrogen-bond donors (Lipinski definition) is 2. The summed E-state index contributed by atoms with van der Waals surface area (Å²) in [6.07, 6.45) is 5.59. The molecule has 1 saturated heterocycles. The Morgan fingerprint density at radius 3 is 2.53 bits per heavy atom. The summed E-state index contributed by atoms with van der Waals surface area (Å²) in [4.78, 5) is 2.33. The molecule has 0 aromatic heterocycles. The molecule has 1 heterocycles. The van der Waals surface area contributed by atoms with E-state index in [9.17, 15) is 5.11 Å². The van der Waals surface area contributed by atoms with Crippen LogP contribution in [0.4, 0.5) is 0 Å². The van der Waals surface area contributed by atoms with Crippen molar-refractivity contribution < 1.29 is 5.11 Å². The van der Waals surface area contributed by atoms with Gasteiger partial charge in [-0.25, -0.2) is 0 Å². The van der Waals surface area contributed by atoms with Crippen LogP contribution in [-0.4, -0.2) is 28.8 Å². The lowest BCUT2D eigenvalue weighted by Gasteiger charge is -2.38. The summed E-state index contributed by atoms with van der Waals surface area (Å²) in [5.74, 6) is 0.274. The van der Waals surface area contributed by atoms with E-state index in [0.717, 1.165) is 18.7 Å². The van der Waals surface area contributed by atoms with Gasteiger partial charge in [0.05, 0.1) is 5.66 Å². The van der Waals surface area contributed by atoms with Gasteiger partial charge >= 0.3 is 0 Å². The van der Waals surface area contributed by atoms with Crippen molar-refractivity contribution >= 4 is 11.6 Å². The predicted molar refractivity (Wildman–Crippen MR) is 79.5 cm³/mol. The number of likely N-dealkylation sites (tertiary alicyclic amines) is 1. The number of benzene rings is 1. The SMILES string of the molecule is CC(N)(Cc1cc(Cl)ccc1O)N1CCCCCC1. The van der Waals surface area contributed by atoms with E-state index in [1.807, 2.05) is 6.92 Å². The summed E-state index contributed by atoms with van der Waals surface area (Å²) in [7, 11) is 0. The average Bonchev–Trinajstić information content (AvgIpc) is 2.63. The van der Waals surface area contributed by atoms with Crippen molar-refractivity contribution in [1.82, 2.24) is 4.90 Å². The quantitative estimate of drug-likeness (QED) is 0.895. The van der Waals surface area contributed by atoms with Crippen LogP contribution in [0.25, 0.3) is 0 Å². The number of nitrogens with zero attached hydrogens (tertiary/aromatic N) is 1. The van der Waals surface area contributed by atoms with Crippen LogP contribution in [-0.2, 0) is 6.42 Å². The molecule has 3 N–H and O–H groups in total. The van der Waals surface area contributed by atoms with Gasteiger partial charge < -0.3 is 10.8 Å². The van der Waals surface area contributed by atoms with Gasteiger partial charge in [-0.15, -0.1) is 0 Å². The lowest BCUT2D eigenvalue weighted by molar-refractivity contribution is 0.112. The van der Waals surface area contributed by atoms with Gasteiger partial charge in [0.25, 0.3) is 0 Å². The van der Waals surface area contributed by atoms with Crippen molar-refractivity contribution in [3.63, 3.8) is 0 Å². The normalized spacial score (nSPS) is 20.8. The highest BCUT2D eigenvalue weighted by Crippen LogP contribution is 2.27. The van der Waals surface area contributed by atoms with E-state index in [1.54, 1.807) is 18.2 Å². The second-order valence-corrected chi connectivity index (χ2v) is 6.14. The molecule has 4 heteroatoms. The first-order valence-corrected chi connectivity index (χ1v) is 7.38. The largest absolute Gasteiger partial charge is 0.508 e. The molecule has 2 rings (SSSR count). The molecular weight excluding hydrogens is 260 g/mol. The zero-order valence-corrected chi connectivity index (χ0v) is 12.3.